The normalized spacial score (nSPS) is 25.7. The largest absolute Gasteiger partial charge is 0.448 e. The molecule has 0 bridgehead atoms. The Bertz CT molecular complexity index is 964. The smallest absolute Gasteiger partial charge is 0.296 e. The highest BCUT2D eigenvalue weighted by Gasteiger charge is 2.47. The zero-order valence-corrected chi connectivity index (χ0v) is 17.2. The molecule has 3 aliphatic heterocycles. The van der Waals surface area contributed by atoms with E-state index in [0.717, 1.165) is 30.8 Å². The van der Waals surface area contributed by atoms with Gasteiger partial charge in [-0.1, -0.05) is 35.9 Å². The quantitative estimate of drug-likeness (QED) is 0.738. The molecule has 1 fully saturated rings. The molecule has 5 nitrogen and oxygen atoms in total. The van der Waals surface area contributed by atoms with E-state index in [9.17, 15) is 4.79 Å². The molecule has 1 saturated heterocycles. The number of piperidine rings is 1. The van der Waals surface area contributed by atoms with Crippen molar-refractivity contribution in [1.82, 2.24) is 4.90 Å². The van der Waals surface area contributed by atoms with Gasteiger partial charge in [-0.15, -0.1) is 11.3 Å². The van der Waals surface area contributed by atoms with Crippen LogP contribution in [-0.2, 0) is 32.9 Å². The number of amidine groups is 1. The first-order valence-corrected chi connectivity index (χ1v) is 10.7. The lowest BCUT2D eigenvalue weighted by Crippen LogP contribution is -2.46. The van der Waals surface area contributed by atoms with Crippen LogP contribution in [0.2, 0.25) is 4.34 Å². The number of carbonyl (C=O) groups excluding carboxylic acids is 1. The maximum Gasteiger partial charge on any atom is 0.296 e. The number of fused-ring (bicyclic) bond motifs is 2. The molecule has 1 aromatic carbocycles. The predicted molar refractivity (Wildman–Crippen MR) is 109 cm³/mol. The van der Waals surface area contributed by atoms with Gasteiger partial charge in [-0.2, -0.15) is 4.99 Å². The fraction of sp³-hybridized carbons (Fsp3) is 0.429. The van der Waals surface area contributed by atoms with Gasteiger partial charge < -0.3 is 14.4 Å². The lowest BCUT2D eigenvalue weighted by atomic mass is 9.84. The van der Waals surface area contributed by atoms with Gasteiger partial charge in [-0.25, -0.2) is 0 Å². The molecular formula is C21H21ClN2O3S. The summed E-state index contributed by atoms with van der Waals surface area (Å²) in [5.41, 5.74) is 1.41. The Morgan fingerprint density at radius 2 is 2.00 bits per heavy atom. The van der Waals surface area contributed by atoms with Crippen LogP contribution in [0.25, 0.3) is 0 Å². The van der Waals surface area contributed by atoms with E-state index in [1.54, 1.807) is 6.92 Å². The van der Waals surface area contributed by atoms with Crippen LogP contribution in [0.5, 0.6) is 0 Å². The van der Waals surface area contributed by atoms with Crippen molar-refractivity contribution in [2.45, 2.75) is 44.0 Å². The molecule has 1 unspecified atom stereocenters. The Kier molecular flexibility index (Phi) is 4.27. The Labute approximate surface area is 172 Å². The average molecular weight is 417 g/mol. The van der Waals surface area contributed by atoms with Gasteiger partial charge in [0.25, 0.3) is 11.9 Å². The Morgan fingerprint density at radius 3 is 2.75 bits per heavy atom. The molecule has 1 aromatic heterocycles. The van der Waals surface area contributed by atoms with Gasteiger partial charge in [-0.3, -0.25) is 4.79 Å². The van der Waals surface area contributed by atoms with Crippen LogP contribution in [0, 0.1) is 0 Å². The Morgan fingerprint density at radius 1 is 1.21 bits per heavy atom. The molecule has 28 heavy (non-hydrogen) atoms. The third kappa shape index (κ3) is 2.95. The van der Waals surface area contributed by atoms with Gasteiger partial charge in [-0.05, 0) is 43.0 Å². The molecule has 5 rings (SSSR count). The maximum absolute atomic E-state index is 12.6. The number of amides is 1. The summed E-state index contributed by atoms with van der Waals surface area (Å²) < 4.78 is 13.0. The first-order chi connectivity index (χ1) is 13.5. The van der Waals surface area contributed by atoms with Crippen LogP contribution in [0.15, 0.2) is 41.4 Å². The van der Waals surface area contributed by atoms with E-state index in [1.807, 2.05) is 12.1 Å². The van der Waals surface area contributed by atoms with Gasteiger partial charge in [0.1, 0.15) is 0 Å². The van der Waals surface area contributed by atoms with E-state index < -0.39 is 5.60 Å². The number of benzene rings is 1. The minimum Gasteiger partial charge on any atom is -0.448 e. The van der Waals surface area contributed by atoms with Crippen molar-refractivity contribution in [2.75, 3.05) is 13.1 Å². The highest BCUT2D eigenvalue weighted by Crippen LogP contribution is 2.44. The number of likely N-dealkylation sites (tertiary alicyclic amines) is 1. The van der Waals surface area contributed by atoms with Crippen LogP contribution in [0.3, 0.4) is 0 Å². The Balaban J connectivity index is 1.28. The molecule has 1 spiro atoms. The van der Waals surface area contributed by atoms with Crippen molar-refractivity contribution in [1.29, 1.82) is 0 Å². The second-order valence-electron chi connectivity index (χ2n) is 7.84. The second kappa shape index (κ2) is 6.58. The first kappa shape index (κ1) is 18.2. The number of halogens is 1. The number of carbonyl (C=O) groups is 1. The summed E-state index contributed by atoms with van der Waals surface area (Å²) in [4.78, 5) is 19.9. The Hall–Kier alpha value is -1.89. The monoisotopic (exact) mass is 416 g/mol. The molecule has 0 radical (unpaired) electrons. The molecule has 1 atom stereocenters. The van der Waals surface area contributed by atoms with E-state index in [4.69, 9.17) is 21.1 Å². The minimum atomic E-state index is -0.963. The lowest BCUT2D eigenvalue weighted by molar-refractivity contribution is -0.129. The maximum atomic E-state index is 12.6. The van der Waals surface area contributed by atoms with E-state index in [2.05, 4.69) is 34.2 Å². The van der Waals surface area contributed by atoms with E-state index in [0.29, 0.717) is 23.4 Å². The molecule has 2 aromatic rings. The van der Waals surface area contributed by atoms with Crippen LogP contribution < -0.4 is 0 Å². The van der Waals surface area contributed by atoms with Crippen molar-refractivity contribution >= 4 is 34.9 Å². The van der Waals surface area contributed by atoms with Gasteiger partial charge >= 0.3 is 0 Å². The zero-order chi connectivity index (χ0) is 19.4. The van der Waals surface area contributed by atoms with E-state index in [-0.39, 0.29) is 11.5 Å². The molecule has 4 heterocycles. The van der Waals surface area contributed by atoms with Crippen molar-refractivity contribution < 1.29 is 14.3 Å². The van der Waals surface area contributed by atoms with Crippen molar-refractivity contribution in [3.05, 3.63) is 56.7 Å². The number of aliphatic imine (C=N–C) groups is 1. The number of ether oxygens (including phenoxy) is 2. The average Bonchev–Trinajstić information content (AvgIpc) is 3.34. The molecule has 0 N–H and O–H groups in total. The van der Waals surface area contributed by atoms with Gasteiger partial charge in [0.15, 0.2) is 5.60 Å². The van der Waals surface area contributed by atoms with Gasteiger partial charge in [0, 0.05) is 24.4 Å². The highest BCUT2D eigenvalue weighted by molar-refractivity contribution is 7.16. The molecule has 3 aliphatic rings. The molecule has 7 heteroatoms. The molecule has 0 aliphatic carbocycles. The van der Waals surface area contributed by atoms with Crippen LogP contribution >= 0.6 is 22.9 Å². The predicted octanol–water partition coefficient (Wildman–Crippen LogP) is 4.14. The fourth-order valence-corrected chi connectivity index (χ4v) is 5.59. The number of nitrogens with zero attached hydrogens (tertiary/aromatic N) is 2. The number of thiophene rings is 1. The van der Waals surface area contributed by atoms with Crippen LogP contribution in [0.1, 0.15) is 35.8 Å². The van der Waals surface area contributed by atoms with E-state index in [1.165, 1.54) is 22.5 Å². The zero-order valence-electron chi connectivity index (χ0n) is 15.6. The van der Waals surface area contributed by atoms with E-state index >= 15 is 0 Å². The third-order valence-electron chi connectivity index (χ3n) is 5.96. The van der Waals surface area contributed by atoms with Crippen LogP contribution in [0.4, 0.5) is 0 Å². The summed E-state index contributed by atoms with van der Waals surface area (Å²) in [5, 5.41) is 0. The summed E-state index contributed by atoms with van der Waals surface area (Å²) in [6.07, 6.45) is 2.19. The SMILES string of the molecule is CC1(Cc2ccc(Cl)s2)OC(N2CCC3(CC2)OCc2ccccc23)=NC1=O. The van der Waals surface area contributed by atoms with Crippen molar-refractivity contribution in [3.63, 3.8) is 0 Å². The topological polar surface area (TPSA) is 51.1 Å². The summed E-state index contributed by atoms with van der Waals surface area (Å²) >= 11 is 7.49. The minimum absolute atomic E-state index is 0.215. The van der Waals surface area contributed by atoms with Gasteiger partial charge in [0.05, 0.1) is 16.5 Å². The molecule has 0 saturated carbocycles. The summed E-state index contributed by atoms with van der Waals surface area (Å²) in [7, 11) is 0. The summed E-state index contributed by atoms with van der Waals surface area (Å²) in [5.74, 6) is -0.227. The molecule has 146 valence electrons. The second-order valence-corrected chi connectivity index (χ2v) is 9.64. The van der Waals surface area contributed by atoms with Gasteiger partial charge in [0.2, 0.25) is 0 Å². The number of hydrogen-bond donors (Lipinski definition) is 0. The summed E-state index contributed by atoms with van der Waals surface area (Å²) in [6.45, 7) is 3.98. The van der Waals surface area contributed by atoms with Crippen LogP contribution in [-0.4, -0.2) is 35.5 Å². The highest BCUT2D eigenvalue weighted by atomic mass is 35.5. The molecular weight excluding hydrogens is 396 g/mol. The third-order valence-corrected chi connectivity index (χ3v) is 7.19. The lowest BCUT2D eigenvalue weighted by Gasteiger charge is -2.39. The standard InChI is InChI=1S/C21H21ClN2O3S/c1-20(12-15-6-7-17(22)28-15)18(25)23-19(27-20)24-10-8-21(9-11-24)16-5-3-2-4-14(16)13-26-21/h2-7H,8-13H2,1H3. The summed E-state index contributed by atoms with van der Waals surface area (Å²) in [6, 6.07) is 12.7. The number of hydrogen-bond acceptors (Lipinski definition) is 5. The van der Waals surface area contributed by atoms with Crippen molar-refractivity contribution in [3.8, 4) is 0 Å². The fourth-order valence-electron chi connectivity index (χ4n) is 4.36. The first-order valence-electron chi connectivity index (χ1n) is 9.51. The molecule has 1 amide bonds. The van der Waals surface area contributed by atoms with Crippen molar-refractivity contribution in [2.24, 2.45) is 4.99 Å². The number of rotatable bonds is 2.